The first-order chi connectivity index (χ1) is 9.08. The number of alkyl halides is 2. The molecule has 19 heavy (non-hydrogen) atoms. The molecule has 96 valence electrons. The molecule has 0 saturated carbocycles. The van der Waals surface area contributed by atoms with Gasteiger partial charge in [-0.05, 0) is 30.3 Å². The van der Waals surface area contributed by atoms with Gasteiger partial charge < -0.3 is 4.74 Å². The summed E-state index contributed by atoms with van der Waals surface area (Å²) in [6, 6.07) is 11.2. The number of benzene rings is 1. The van der Waals surface area contributed by atoms with Crippen LogP contribution < -0.4 is 4.74 Å². The van der Waals surface area contributed by atoms with Gasteiger partial charge in [-0.2, -0.15) is 0 Å². The molecule has 0 fully saturated rings. The summed E-state index contributed by atoms with van der Waals surface area (Å²) in [5.41, 5.74) is 2.29. The maximum atomic E-state index is 12.3. The molecule has 1 aliphatic rings. The van der Waals surface area contributed by atoms with Crippen molar-refractivity contribution in [3.8, 4) is 17.0 Å². The number of carbonyl (C=O) groups excluding carboxylic acids is 1. The van der Waals surface area contributed by atoms with Crippen molar-refractivity contribution in [2.75, 3.05) is 6.61 Å². The molecule has 1 aromatic carbocycles. The summed E-state index contributed by atoms with van der Waals surface area (Å²) in [5, 5.41) is 0. The zero-order valence-electron chi connectivity index (χ0n) is 9.77. The van der Waals surface area contributed by atoms with Crippen LogP contribution in [0, 0.1) is 0 Å². The lowest BCUT2D eigenvalue weighted by Crippen LogP contribution is -2.36. The van der Waals surface area contributed by atoms with Crippen LogP contribution in [0.25, 0.3) is 11.3 Å². The topological polar surface area (TPSA) is 39.2 Å². The Morgan fingerprint density at radius 1 is 1.21 bits per heavy atom. The van der Waals surface area contributed by atoms with Gasteiger partial charge >= 0.3 is 0 Å². The molecule has 0 aliphatic carbocycles. The highest BCUT2D eigenvalue weighted by Gasteiger charge is 2.39. The standard InChI is InChI=1S/C14H9Br2NO2/c15-14(16)8-19-12-5-4-9(7-10(12)13(14)18)11-3-1-2-6-17-11/h1-7H,8H2. The first kappa shape index (κ1) is 12.8. The number of fused-ring (bicyclic) bond motifs is 1. The van der Waals surface area contributed by atoms with Crippen molar-refractivity contribution >= 4 is 37.6 Å². The number of ketones is 1. The minimum atomic E-state index is -0.838. The normalized spacial score (nSPS) is 16.6. The second-order valence-electron chi connectivity index (χ2n) is 4.25. The molecule has 0 unspecified atom stereocenters. The lowest BCUT2D eigenvalue weighted by atomic mass is 10.0. The summed E-state index contributed by atoms with van der Waals surface area (Å²) in [5.74, 6) is 0.575. The van der Waals surface area contributed by atoms with E-state index in [1.54, 1.807) is 6.20 Å². The monoisotopic (exact) mass is 381 g/mol. The van der Waals surface area contributed by atoms with Crippen molar-refractivity contribution in [2.45, 2.75) is 3.23 Å². The number of rotatable bonds is 1. The van der Waals surface area contributed by atoms with Gasteiger partial charge in [-0.25, -0.2) is 0 Å². The summed E-state index contributed by atoms with van der Waals surface area (Å²) in [4.78, 5) is 16.6. The molecule has 0 N–H and O–H groups in total. The number of aromatic nitrogens is 1. The summed E-state index contributed by atoms with van der Waals surface area (Å²) in [6.45, 7) is 0.266. The van der Waals surface area contributed by atoms with Crippen LogP contribution in [0.3, 0.4) is 0 Å². The summed E-state index contributed by atoms with van der Waals surface area (Å²) < 4.78 is 4.73. The van der Waals surface area contributed by atoms with Crippen LogP contribution >= 0.6 is 31.9 Å². The van der Waals surface area contributed by atoms with Gasteiger partial charge in [0.1, 0.15) is 12.4 Å². The molecule has 5 heteroatoms. The van der Waals surface area contributed by atoms with Crippen LogP contribution in [0.1, 0.15) is 10.4 Å². The molecule has 0 atom stereocenters. The average Bonchev–Trinajstić information content (AvgIpc) is 2.44. The number of ether oxygens (including phenoxy) is 1. The minimum absolute atomic E-state index is 0.0356. The lowest BCUT2D eigenvalue weighted by Gasteiger charge is -2.27. The van der Waals surface area contributed by atoms with E-state index in [0.29, 0.717) is 11.3 Å². The number of Topliss-reactive ketones (excluding diaryl/α,β-unsaturated/α-hetero) is 1. The Morgan fingerprint density at radius 3 is 2.79 bits per heavy atom. The molecule has 3 nitrogen and oxygen atoms in total. The summed E-state index contributed by atoms with van der Waals surface area (Å²) in [7, 11) is 0. The van der Waals surface area contributed by atoms with E-state index in [-0.39, 0.29) is 12.4 Å². The van der Waals surface area contributed by atoms with Crippen molar-refractivity contribution in [2.24, 2.45) is 0 Å². The number of hydrogen-bond acceptors (Lipinski definition) is 3. The van der Waals surface area contributed by atoms with Gasteiger partial charge in [0.25, 0.3) is 0 Å². The molecule has 0 radical (unpaired) electrons. The molecule has 2 heterocycles. The van der Waals surface area contributed by atoms with Crippen molar-refractivity contribution in [3.05, 3.63) is 48.2 Å². The van der Waals surface area contributed by atoms with Crippen LogP contribution in [0.15, 0.2) is 42.6 Å². The quantitative estimate of drug-likeness (QED) is 0.704. The van der Waals surface area contributed by atoms with Crippen LogP contribution in [-0.2, 0) is 0 Å². The molecule has 0 saturated heterocycles. The second-order valence-corrected chi connectivity index (χ2v) is 8.02. The van der Waals surface area contributed by atoms with Crippen molar-refractivity contribution in [1.29, 1.82) is 0 Å². The lowest BCUT2D eigenvalue weighted by molar-refractivity contribution is 0.0933. The molecular weight excluding hydrogens is 374 g/mol. The second kappa shape index (κ2) is 4.72. The maximum absolute atomic E-state index is 12.3. The molecule has 0 spiro atoms. The smallest absolute Gasteiger partial charge is 0.197 e. The van der Waals surface area contributed by atoms with Gasteiger partial charge in [-0.3, -0.25) is 9.78 Å². The first-order valence-corrected chi connectivity index (χ1v) is 7.27. The Balaban J connectivity index is 2.09. The van der Waals surface area contributed by atoms with Crippen LogP contribution in [0.5, 0.6) is 5.75 Å². The van der Waals surface area contributed by atoms with E-state index in [2.05, 4.69) is 36.8 Å². The molecule has 1 aliphatic heterocycles. The predicted octanol–water partition coefficient (Wildman–Crippen LogP) is 3.81. The fourth-order valence-corrected chi connectivity index (χ4v) is 2.61. The molecule has 2 aromatic rings. The zero-order chi connectivity index (χ0) is 13.5. The van der Waals surface area contributed by atoms with Crippen molar-refractivity contribution in [1.82, 2.24) is 4.98 Å². The fourth-order valence-electron chi connectivity index (χ4n) is 1.96. The summed E-state index contributed by atoms with van der Waals surface area (Å²) >= 11 is 6.67. The Hall–Kier alpha value is -1.20. The van der Waals surface area contributed by atoms with E-state index in [1.165, 1.54) is 0 Å². The van der Waals surface area contributed by atoms with Crippen LogP contribution in [-0.4, -0.2) is 20.6 Å². The number of carbonyl (C=O) groups is 1. The van der Waals surface area contributed by atoms with Gasteiger partial charge in [0.2, 0.25) is 0 Å². The van der Waals surface area contributed by atoms with Gasteiger partial charge in [0.05, 0.1) is 11.3 Å². The Morgan fingerprint density at radius 2 is 2.05 bits per heavy atom. The van der Waals surface area contributed by atoms with Crippen LogP contribution in [0.4, 0.5) is 0 Å². The highest BCUT2D eigenvalue weighted by atomic mass is 79.9. The van der Waals surface area contributed by atoms with E-state index in [9.17, 15) is 4.79 Å². The van der Waals surface area contributed by atoms with Gasteiger partial charge in [-0.1, -0.05) is 37.9 Å². The molecule has 1 aromatic heterocycles. The van der Waals surface area contributed by atoms with E-state index >= 15 is 0 Å². The van der Waals surface area contributed by atoms with Gasteiger partial charge in [0, 0.05) is 11.8 Å². The number of nitrogens with zero attached hydrogens (tertiary/aromatic N) is 1. The fraction of sp³-hybridized carbons (Fsp3) is 0.143. The molecular formula is C14H9Br2NO2. The summed E-state index contributed by atoms with van der Waals surface area (Å²) in [6.07, 6.45) is 1.73. The van der Waals surface area contributed by atoms with E-state index in [0.717, 1.165) is 11.3 Å². The van der Waals surface area contributed by atoms with Gasteiger partial charge in [0.15, 0.2) is 9.02 Å². The van der Waals surface area contributed by atoms with Gasteiger partial charge in [-0.15, -0.1) is 0 Å². The third kappa shape index (κ3) is 2.32. The first-order valence-electron chi connectivity index (χ1n) is 5.69. The Bertz CT molecular complexity index is 641. The third-order valence-electron chi connectivity index (χ3n) is 2.93. The highest BCUT2D eigenvalue weighted by molar-refractivity contribution is 9.26. The number of pyridine rings is 1. The number of halogens is 2. The largest absolute Gasteiger partial charge is 0.490 e. The van der Waals surface area contributed by atoms with Crippen molar-refractivity contribution in [3.63, 3.8) is 0 Å². The van der Waals surface area contributed by atoms with Crippen molar-refractivity contribution < 1.29 is 9.53 Å². The Kier molecular flexibility index (Phi) is 3.19. The third-order valence-corrected chi connectivity index (χ3v) is 4.10. The van der Waals surface area contributed by atoms with E-state index < -0.39 is 3.23 Å². The Labute approximate surface area is 127 Å². The minimum Gasteiger partial charge on any atom is -0.490 e. The van der Waals surface area contributed by atoms with E-state index in [1.807, 2.05) is 36.4 Å². The molecule has 0 amide bonds. The maximum Gasteiger partial charge on any atom is 0.197 e. The SMILES string of the molecule is O=C1c2cc(-c3ccccn3)ccc2OCC1(Br)Br. The highest BCUT2D eigenvalue weighted by Crippen LogP contribution is 2.39. The zero-order valence-corrected chi connectivity index (χ0v) is 12.9. The predicted molar refractivity (Wildman–Crippen MR) is 80.1 cm³/mol. The van der Waals surface area contributed by atoms with E-state index in [4.69, 9.17) is 4.74 Å². The number of hydrogen-bond donors (Lipinski definition) is 0. The average molecular weight is 383 g/mol. The molecule has 0 bridgehead atoms. The molecule has 3 rings (SSSR count). The van der Waals surface area contributed by atoms with Crippen LogP contribution in [0.2, 0.25) is 0 Å².